The number of rotatable bonds is 5. The molecule has 0 amide bonds. The van der Waals surface area contributed by atoms with Crippen LogP contribution in [0.5, 0.6) is 0 Å². The van der Waals surface area contributed by atoms with Crippen molar-refractivity contribution < 1.29 is 0 Å². The summed E-state index contributed by atoms with van der Waals surface area (Å²) in [6.45, 7) is 2.21. The molecule has 2 aromatic rings. The second-order valence-electron chi connectivity index (χ2n) is 4.78. The molecule has 0 saturated heterocycles. The first-order valence-electron chi connectivity index (χ1n) is 6.66. The summed E-state index contributed by atoms with van der Waals surface area (Å²) < 4.78 is 0. The highest BCUT2D eigenvalue weighted by atomic mass is 35.5. The number of unbranched alkanes of at least 4 members (excludes halogenated alkanes) is 2. The van der Waals surface area contributed by atoms with Gasteiger partial charge < -0.3 is 5.73 Å². The molecule has 1 nitrogen and oxygen atoms in total. The fraction of sp³-hybridized carbons (Fsp3) is 0.375. The van der Waals surface area contributed by atoms with Crippen LogP contribution < -0.4 is 5.73 Å². The highest BCUT2D eigenvalue weighted by molar-refractivity contribution is 6.35. The van der Waals surface area contributed by atoms with Gasteiger partial charge in [-0.2, -0.15) is 0 Å². The topological polar surface area (TPSA) is 26.0 Å². The van der Waals surface area contributed by atoms with E-state index in [0.717, 1.165) is 16.8 Å². The van der Waals surface area contributed by atoms with Crippen LogP contribution in [-0.2, 0) is 0 Å². The van der Waals surface area contributed by atoms with Gasteiger partial charge in [0.15, 0.2) is 0 Å². The third-order valence-corrected chi connectivity index (χ3v) is 3.75. The normalized spacial score (nSPS) is 12.8. The van der Waals surface area contributed by atoms with Crippen molar-refractivity contribution in [1.82, 2.24) is 0 Å². The summed E-state index contributed by atoms with van der Waals surface area (Å²) in [6, 6.07) is 12.4. The summed E-state index contributed by atoms with van der Waals surface area (Å²) in [6.07, 6.45) is 4.71. The molecule has 2 aromatic carbocycles. The second kappa shape index (κ2) is 6.21. The van der Waals surface area contributed by atoms with Crippen LogP contribution in [0.4, 0.5) is 0 Å². The highest BCUT2D eigenvalue weighted by Crippen LogP contribution is 2.30. The van der Waals surface area contributed by atoms with Crippen LogP contribution in [0, 0.1) is 0 Å². The zero-order chi connectivity index (χ0) is 13.0. The zero-order valence-electron chi connectivity index (χ0n) is 10.8. The molecule has 18 heavy (non-hydrogen) atoms. The molecule has 2 rings (SSSR count). The minimum absolute atomic E-state index is 0.110. The Morgan fingerprint density at radius 2 is 1.78 bits per heavy atom. The molecule has 0 aromatic heterocycles. The zero-order valence-corrected chi connectivity index (χ0v) is 11.6. The molecule has 0 heterocycles. The molecule has 0 radical (unpaired) electrons. The van der Waals surface area contributed by atoms with Crippen molar-refractivity contribution in [3.8, 4) is 0 Å². The Hall–Kier alpha value is -1.05. The predicted octanol–water partition coefficient (Wildman–Crippen LogP) is 5.07. The maximum atomic E-state index is 6.31. The predicted molar refractivity (Wildman–Crippen MR) is 80.0 cm³/mol. The summed E-state index contributed by atoms with van der Waals surface area (Å²) in [4.78, 5) is 0. The largest absolute Gasteiger partial charge is 0.324 e. The molecule has 2 N–H and O–H groups in total. The third-order valence-electron chi connectivity index (χ3n) is 3.42. The Morgan fingerprint density at radius 1 is 1.06 bits per heavy atom. The van der Waals surface area contributed by atoms with Crippen LogP contribution >= 0.6 is 11.6 Å². The first kappa shape index (κ1) is 13.4. The van der Waals surface area contributed by atoms with Crippen LogP contribution in [0.25, 0.3) is 10.8 Å². The van der Waals surface area contributed by atoms with E-state index in [4.69, 9.17) is 17.3 Å². The molecule has 1 unspecified atom stereocenters. The van der Waals surface area contributed by atoms with E-state index in [1.165, 1.54) is 30.2 Å². The van der Waals surface area contributed by atoms with Crippen molar-refractivity contribution in [2.75, 3.05) is 0 Å². The van der Waals surface area contributed by atoms with Crippen molar-refractivity contribution in [3.63, 3.8) is 0 Å². The number of nitrogens with two attached hydrogens (primary N) is 1. The summed E-state index contributed by atoms with van der Waals surface area (Å²) >= 11 is 6.22. The van der Waals surface area contributed by atoms with E-state index < -0.39 is 0 Å². The van der Waals surface area contributed by atoms with Crippen molar-refractivity contribution in [2.45, 2.75) is 38.6 Å². The molecule has 0 bridgehead atoms. The molecule has 0 spiro atoms. The van der Waals surface area contributed by atoms with Gasteiger partial charge in [0.25, 0.3) is 0 Å². The molecule has 1 atom stereocenters. The fourth-order valence-electron chi connectivity index (χ4n) is 2.38. The van der Waals surface area contributed by atoms with Crippen molar-refractivity contribution in [1.29, 1.82) is 0 Å². The Balaban J connectivity index is 2.30. The van der Waals surface area contributed by atoms with Crippen LogP contribution in [0.15, 0.2) is 36.4 Å². The summed E-state index contributed by atoms with van der Waals surface area (Å²) in [5.74, 6) is 0. The molecule has 0 aliphatic rings. The maximum Gasteiger partial charge on any atom is 0.0484 e. The molecule has 0 fully saturated rings. The fourth-order valence-corrected chi connectivity index (χ4v) is 2.61. The third kappa shape index (κ3) is 2.85. The first-order chi connectivity index (χ1) is 8.74. The van der Waals surface area contributed by atoms with Crippen molar-refractivity contribution >= 4 is 22.4 Å². The van der Waals surface area contributed by atoms with Gasteiger partial charge in [0.2, 0.25) is 0 Å². The van der Waals surface area contributed by atoms with Crippen LogP contribution in [0.1, 0.15) is 44.2 Å². The quantitative estimate of drug-likeness (QED) is 0.747. The number of halogens is 1. The molecule has 0 aliphatic heterocycles. The summed E-state index contributed by atoms with van der Waals surface area (Å²) in [5.41, 5.74) is 7.52. The number of benzene rings is 2. The van der Waals surface area contributed by atoms with Gasteiger partial charge in [-0.3, -0.25) is 0 Å². The number of fused-ring (bicyclic) bond motifs is 1. The van der Waals surface area contributed by atoms with Gasteiger partial charge in [-0.1, -0.05) is 68.1 Å². The minimum atomic E-state index is 0.110. The van der Waals surface area contributed by atoms with E-state index in [1.54, 1.807) is 0 Å². The van der Waals surface area contributed by atoms with Gasteiger partial charge in [-0.15, -0.1) is 0 Å². The molecule has 2 heteroatoms. The Labute approximate surface area is 114 Å². The molecule has 0 aliphatic carbocycles. The van der Waals surface area contributed by atoms with Gasteiger partial charge in [-0.05, 0) is 23.4 Å². The van der Waals surface area contributed by atoms with Crippen LogP contribution in [-0.4, -0.2) is 0 Å². The van der Waals surface area contributed by atoms with E-state index in [-0.39, 0.29) is 6.04 Å². The number of hydrogen-bond acceptors (Lipinski definition) is 1. The highest BCUT2D eigenvalue weighted by Gasteiger charge is 2.10. The molecular formula is C16H20ClN. The van der Waals surface area contributed by atoms with E-state index in [1.807, 2.05) is 18.2 Å². The van der Waals surface area contributed by atoms with E-state index >= 15 is 0 Å². The summed E-state index contributed by atoms with van der Waals surface area (Å²) in [5, 5.41) is 3.09. The molecule has 96 valence electrons. The van der Waals surface area contributed by atoms with Gasteiger partial charge in [0.1, 0.15) is 0 Å². The van der Waals surface area contributed by atoms with Crippen LogP contribution in [0.2, 0.25) is 5.02 Å². The van der Waals surface area contributed by atoms with Gasteiger partial charge in [0, 0.05) is 16.5 Å². The van der Waals surface area contributed by atoms with Crippen molar-refractivity contribution in [2.24, 2.45) is 5.73 Å². The second-order valence-corrected chi connectivity index (χ2v) is 5.19. The molecular weight excluding hydrogens is 242 g/mol. The Kier molecular flexibility index (Phi) is 4.62. The Morgan fingerprint density at radius 3 is 2.50 bits per heavy atom. The first-order valence-corrected chi connectivity index (χ1v) is 7.04. The van der Waals surface area contributed by atoms with Gasteiger partial charge in [0.05, 0.1) is 0 Å². The summed E-state index contributed by atoms with van der Waals surface area (Å²) in [7, 11) is 0. The van der Waals surface area contributed by atoms with E-state index in [2.05, 4.69) is 25.1 Å². The van der Waals surface area contributed by atoms with Crippen LogP contribution in [0.3, 0.4) is 0 Å². The smallest absolute Gasteiger partial charge is 0.0484 e. The lowest BCUT2D eigenvalue weighted by Crippen LogP contribution is -2.10. The SMILES string of the molecule is CCCCCC(N)c1ccc(Cl)c2ccccc12. The maximum absolute atomic E-state index is 6.31. The molecule has 0 saturated carbocycles. The average Bonchev–Trinajstić information content (AvgIpc) is 2.39. The standard InChI is InChI=1S/C16H20ClN/c1-2-3-4-9-16(18)14-10-11-15(17)13-8-6-5-7-12(13)14/h5-8,10-11,16H,2-4,9,18H2,1H3. The minimum Gasteiger partial charge on any atom is -0.324 e. The van der Waals surface area contributed by atoms with E-state index in [9.17, 15) is 0 Å². The average molecular weight is 262 g/mol. The lowest BCUT2D eigenvalue weighted by Gasteiger charge is -2.15. The van der Waals surface area contributed by atoms with Crippen molar-refractivity contribution in [3.05, 3.63) is 47.0 Å². The Bertz CT molecular complexity index is 521. The number of hydrogen-bond donors (Lipinski definition) is 1. The van der Waals surface area contributed by atoms with Gasteiger partial charge >= 0.3 is 0 Å². The lowest BCUT2D eigenvalue weighted by molar-refractivity contribution is 0.584. The van der Waals surface area contributed by atoms with Gasteiger partial charge in [-0.25, -0.2) is 0 Å². The van der Waals surface area contributed by atoms with E-state index in [0.29, 0.717) is 0 Å². The lowest BCUT2D eigenvalue weighted by atomic mass is 9.95. The monoisotopic (exact) mass is 261 g/mol.